The predicted molar refractivity (Wildman–Crippen MR) is 101 cm³/mol. The van der Waals surface area contributed by atoms with Crippen molar-refractivity contribution in [2.75, 3.05) is 0 Å². The number of hydrogen-bond acceptors (Lipinski definition) is 6. The van der Waals surface area contributed by atoms with Gasteiger partial charge in [0.05, 0.1) is 17.1 Å². The molecule has 0 radical (unpaired) electrons. The summed E-state index contributed by atoms with van der Waals surface area (Å²) in [5, 5.41) is 14.9. The fourth-order valence-electron chi connectivity index (χ4n) is 3.02. The van der Waals surface area contributed by atoms with E-state index in [1.54, 1.807) is 22.7 Å². The van der Waals surface area contributed by atoms with E-state index in [2.05, 4.69) is 25.7 Å². The molecule has 0 saturated heterocycles. The number of aromatic nitrogens is 5. The van der Waals surface area contributed by atoms with Crippen molar-refractivity contribution >= 4 is 23.2 Å². The Labute approximate surface area is 168 Å². The summed E-state index contributed by atoms with van der Waals surface area (Å²) in [6, 6.07) is 7.66. The smallest absolute Gasteiger partial charge is 0.258 e. The van der Waals surface area contributed by atoms with Crippen LogP contribution in [0.3, 0.4) is 0 Å². The predicted octanol–water partition coefficient (Wildman–Crippen LogP) is 3.38. The summed E-state index contributed by atoms with van der Waals surface area (Å²) in [6.07, 6.45) is 3.94. The maximum atomic E-state index is 13.9. The molecule has 0 unspecified atom stereocenters. The monoisotopic (exact) mass is 412 g/mol. The van der Waals surface area contributed by atoms with Crippen molar-refractivity contribution < 1.29 is 13.7 Å². The van der Waals surface area contributed by atoms with E-state index in [4.69, 9.17) is 16.1 Å². The number of carbonyl (C=O) groups is 1. The molecule has 1 amide bonds. The Morgan fingerprint density at radius 2 is 2.17 bits per heavy atom. The van der Waals surface area contributed by atoms with E-state index in [0.29, 0.717) is 23.3 Å². The Kier molecular flexibility index (Phi) is 4.24. The molecule has 1 aliphatic carbocycles. The van der Waals surface area contributed by atoms with Crippen molar-refractivity contribution in [3.8, 4) is 11.5 Å². The molecule has 4 aromatic rings. The molecule has 0 aliphatic heterocycles. The molecule has 0 spiro atoms. The van der Waals surface area contributed by atoms with Gasteiger partial charge in [0, 0.05) is 17.7 Å². The van der Waals surface area contributed by atoms with E-state index in [0.717, 1.165) is 24.2 Å². The minimum absolute atomic E-state index is 0.0448. The second-order valence-electron chi connectivity index (χ2n) is 6.77. The van der Waals surface area contributed by atoms with Gasteiger partial charge in [-0.25, -0.2) is 4.39 Å². The molecule has 3 heterocycles. The molecule has 1 aromatic carbocycles. The van der Waals surface area contributed by atoms with E-state index >= 15 is 0 Å². The van der Waals surface area contributed by atoms with Crippen LogP contribution in [-0.2, 0) is 6.54 Å². The van der Waals surface area contributed by atoms with Crippen LogP contribution in [0.5, 0.6) is 0 Å². The van der Waals surface area contributed by atoms with Crippen LogP contribution in [0.25, 0.3) is 17.1 Å². The van der Waals surface area contributed by atoms with Crippen LogP contribution in [0, 0.1) is 5.82 Å². The molecule has 146 valence electrons. The Hall–Kier alpha value is -3.33. The summed E-state index contributed by atoms with van der Waals surface area (Å²) >= 11 is 5.93. The zero-order valence-electron chi connectivity index (χ0n) is 15.0. The standard InChI is InChI=1S/C19H14ClFN6O2/c20-12-2-1-3-13(21)16(12)18(28)22-9-15-25-24-14-8-11(6-7-27(14)15)19-23-17(26-29-19)10-4-5-10/h1-3,6-8,10H,4-5,9H2,(H,22,28). The highest BCUT2D eigenvalue weighted by Gasteiger charge is 2.29. The summed E-state index contributed by atoms with van der Waals surface area (Å²) < 4.78 is 20.9. The Morgan fingerprint density at radius 1 is 1.31 bits per heavy atom. The van der Waals surface area contributed by atoms with E-state index in [1.807, 2.05) is 0 Å². The third-order valence-electron chi connectivity index (χ3n) is 4.71. The van der Waals surface area contributed by atoms with Crippen molar-refractivity contribution in [3.63, 3.8) is 0 Å². The highest BCUT2D eigenvalue weighted by atomic mass is 35.5. The highest BCUT2D eigenvalue weighted by Crippen LogP contribution is 2.38. The largest absolute Gasteiger partial charge is 0.345 e. The lowest BCUT2D eigenvalue weighted by Crippen LogP contribution is -2.25. The molecule has 0 atom stereocenters. The van der Waals surface area contributed by atoms with Gasteiger partial charge in [0.2, 0.25) is 0 Å². The highest BCUT2D eigenvalue weighted by molar-refractivity contribution is 6.33. The van der Waals surface area contributed by atoms with Gasteiger partial charge in [-0.1, -0.05) is 22.8 Å². The van der Waals surface area contributed by atoms with Gasteiger partial charge in [-0.2, -0.15) is 4.98 Å². The molecule has 5 rings (SSSR count). The van der Waals surface area contributed by atoms with Crippen LogP contribution in [0.2, 0.25) is 5.02 Å². The minimum atomic E-state index is -0.684. The minimum Gasteiger partial charge on any atom is -0.345 e. The molecule has 0 bridgehead atoms. The molecule has 8 nitrogen and oxygen atoms in total. The van der Waals surface area contributed by atoms with Crippen molar-refractivity contribution in [2.45, 2.75) is 25.3 Å². The number of nitrogens with one attached hydrogen (secondary N) is 1. The van der Waals surface area contributed by atoms with Gasteiger partial charge < -0.3 is 9.84 Å². The molecular formula is C19H14ClFN6O2. The summed E-state index contributed by atoms with van der Waals surface area (Å²) in [5.41, 5.74) is 1.09. The topological polar surface area (TPSA) is 98.2 Å². The van der Waals surface area contributed by atoms with Crippen molar-refractivity contribution in [3.05, 3.63) is 64.6 Å². The maximum Gasteiger partial charge on any atom is 0.258 e. The third-order valence-corrected chi connectivity index (χ3v) is 5.02. The van der Waals surface area contributed by atoms with E-state index in [9.17, 15) is 9.18 Å². The van der Waals surface area contributed by atoms with E-state index in [1.165, 1.54) is 18.2 Å². The summed E-state index contributed by atoms with van der Waals surface area (Å²) in [6.45, 7) is 0.0520. The van der Waals surface area contributed by atoms with Crippen LogP contribution in [-0.4, -0.2) is 30.6 Å². The number of halogens is 2. The number of carbonyl (C=O) groups excluding carboxylic acids is 1. The number of pyridine rings is 1. The van der Waals surface area contributed by atoms with Crippen LogP contribution in [0.15, 0.2) is 41.1 Å². The molecule has 1 aliphatic rings. The molecule has 1 N–H and O–H groups in total. The second kappa shape index (κ2) is 6.93. The van der Waals surface area contributed by atoms with Crippen molar-refractivity contribution in [1.29, 1.82) is 0 Å². The van der Waals surface area contributed by atoms with Crippen LogP contribution < -0.4 is 5.32 Å². The lowest BCUT2D eigenvalue weighted by atomic mass is 10.2. The normalized spacial score (nSPS) is 13.7. The number of amides is 1. The van der Waals surface area contributed by atoms with Gasteiger partial charge in [0.15, 0.2) is 17.3 Å². The van der Waals surface area contributed by atoms with E-state index in [-0.39, 0.29) is 17.1 Å². The third kappa shape index (κ3) is 3.33. The van der Waals surface area contributed by atoms with Gasteiger partial charge in [0.1, 0.15) is 5.82 Å². The first-order chi connectivity index (χ1) is 14.1. The van der Waals surface area contributed by atoms with Crippen LogP contribution in [0.4, 0.5) is 4.39 Å². The summed E-state index contributed by atoms with van der Waals surface area (Å²) in [5.74, 6) is 0.743. The zero-order valence-corrected chi connectivity index (χ0v) is 15.7. The van der Waals surface area contributed by atoms with Gasteiger partial charge in [-0.3, -0.25) is 9.20 Å². The number of rotatable bonds is 5. The van der Waals surface area contributed by atoms with Gasteiger partial charge >= 0.3 is 0 Å². The average Bonchev–Trinajstić information content (AvgIpc) is 3.30. The maximum absolute atomic E-state index is 13.9. The Morgan fingerprint density at radius 3 is 2.97 bits per heavy atom. The van der Waals surface area contributed by atoms with Crippen LogP contribution >= 0.6 is 11.6 Å². The number of nitrogens with zero attached hydrogens (tertiary/aromatic N) is 5. The Balaban J connectivity index is 1.35. The number of benzene rings is 1. The quantitative estimate of drug-likeness (QED) is 0.539. The summed E-state index contributed by atoms with van der Waals surface area (Å²) in [7, 11) is 0. The van der Waals surface area contributed by atoms with E-state index < -0.39 is 11.7 Å². The zero-order chi connectivity index (χ0) is 20.0. The lowest BCUT2D eigenvalue weighted by Gasteiger charge is -2.07. The Bertz CT molecular complexity index is 1210. The molecule has 3 aromatic heterocycles. The van der Waals surface area contributed by atoms with Crippen LogP contribution in [0.1, 0.15) is 40.8 Å². The first-order valence-electron chi connectivity index (χ1n) is 9.00. The van der Waals surface area contributed by atoms with Gasteiger partial charge in [0.25, 0.3) is 11.8 Å². The molecular weight excluding hydrogens is 399 g/mol. The number of fused-ring (bicyclic) bond motifs is 1. The molecule has 29 heavy (non-hydrogen) atoms. The first kappa shape index (κ1) is 17.7. The fraction of sp³-hybridized carbons (Fsp3) is 0.211. The van der Waals surface area contributed by atoms with Crippen molar-refractivity contribution in [1.82, 2.24) is 30.1 Å². The molecule has 10 heteroatoms. The second-order valence-corrected chi connectivity index (χ2v) is 7.18. The lowest BCUT2D eigenvalue weighted by molar-refractivity contribution is 0.0946. The SMILES string of the molecule is O=C(NCc1nnc2cc(-c3nc(C4CC4)no3)ccn12)c1c(F)cccc1Cl. The summed E-state index contributed by atoms with van der Waals surface area (Å²) in [4.78, 5) is 16.7. The van der Waals surface area contributed by atoms with Gasteiger partial charge in [-0.15, -0.1) is 10.2 Å². The number of hydrogen-bond donors (Lipinski definition) is 1. The fourth-order valence-corrected chi connectivity index (χ4v) is 3.26. The molecule has 1 saturated carbocycles. The van der Waals surface area contributed by atoms with Crippen molar-refractivity contribution in [2.24, 2.45) is 0 Å². The average molecular weight is 413 g/mol. The first-order valence-corrected chi connectivity index (χ1v) is 9.38. The molecule has 1 fully saturated rings. The van der Waals surface area contributed by atoms with Gasteiger partial charge in [-0.05, 0) is 37.1 Å².